The van der Waals surface area contributed by atoms with Crippen LogP contribution in [-0.2, 0) is 4.74 Å². The normalized spacial score (nSPS) is 42.1. The van der Waals surface area contributed by atoms with Crippen LogP contribution in [-0.4, -0.2) is 12.7 Å². The first-order valence-electron chi connectivity index (χ1n) is 6.14. The van der Waals surface area contributed by atoms with Gasteiger partial charge in [-0.25, -0.2) is 0 Å². The summed E-state index contributed by atoms with van der Waals surface area (Å²) < 4.78 is 6.04. The first-order chi connectivity index (χ1) is 6.88. The summed E-state index contributed by atoms with van der Waals surface area (Å²) in [4.78, 5) is 0. The minimum atomic E-state index is 0.396. The van der Waals surface area contributed by atoms with Gasteiger partial charge in [-0.3, -0.25) is 0 Å². The molecule has 2 bridgehead atoms. The van der Waals surface area contributed by atoms with E-state index in [1.54, 1.807) is 0 Å². The van der Waals surface area contributed by atoms with E-state index in [1.165, 1.54) is 19.3 Å². The van der Waals surface area contributed by atoms with Crippen molar-refractivity contribution >= 4 is 0 Å². The molecule has 0 spiro atoms. The van der Waals surface area contributed by atoms with Crippen molar-refractivity contribution in [3.8, 4) is 0 Å². The Kier molecular flexibility index (Phi) is 2.50. The fourth-order valence-corrected chi connectivity index (χ4v) is 3.63. The largest absolute Gasteiger partial charge is 0.373 e. The van der Waals surface area contributed by atoms with Gasteiger partial charge in [0.1, 0.15) is 0 Å². The number of ether oxygens (including phenoxy) is 1. The molecule has 2 saturated carbocycles. The average Bonchev–Trinajstić information content (AvgIpc) is 2.46. The van der Waals surface area contributed by atoms with Gasteiger partial charge in [0.05, 0.1) is 12.7 Å². The van der Waals surface area contributed by atoms with Crippen molar-refractivity contribution in [1.29, 1.82) is 0 Å². The molecule has 1 heteroatoms. The predicted octanol–water partition coefficient (Wildman–Crippen LogP) is 3.79. The lowest BCUT2D eigenvalue weighted by Crippen LogP contribution is -2.37. The Morgan fingerprint density at radius 3 is 2.47 bits per heavy atom. The molecule has 0 heterocycles. The van der Waals surface area contributed by atoms with Gasteiger partial charge in [0.25, 0.3) is 0 Å². The topological polar surface area (TPSA) is 9.23 Å². The second-order valence-corrected chi connectivity index (χ2v) is 6.37. The molecule has 86 valence electrons. The highest BCUT2D eigenvalue weighted by Crippen LogP contribution is 2.66. The van der Waals surface area contributed by atoms with E-state index in [2.05, 4.69) is 27.4 Å². The Balaban J connectivity index is 2.09. The summed E-state index contributed by atoms with van der Waals surface area (Å²) in [5.41, 5.74) is 2.00. The van der Waals surface area contributed by atoms with Crippen LogP contribution in [0.5, 0.6) is 0 Å². The number of fused-ring (bicyclic) bond motifs is 2. The molecule has 3 atom stereocenters. The summed E-state index contributed by atoms with van der Waals surface area (Å²) in [6, 6.07) is 0. The Hall–Kier alpha value is -0.300. The van der Waals surface area contributed by atoms with E-state index in [4.69, 9.17) is 4.74 Å². The van der Waals surface area contributed by atoms with Crippen LogP contribution in [0.15, 0.2) is 12.2 Å². The van der Waals surface area contributed by atoms with Gasteiger partial charge in [-0.15, -0.1) is 0 Å². The third kappa shape index (κ3) is 1.47. The number of rotatable bonds is 3. The van der Waals surface area contributed by atoms with Crippen molar-refractivity contribution in [3.63, 3.8) is 0 Å². The number of hydrogen-bond donors (Lipinski definition) is 0. The maximum absolute atomic E-state index is 6.04. The quantitative estimate of drug-likeness (QED) is 0.641. The van der Waals surface area contributed by atoms with Gasteiger partial charge < -0.3 is 4.74 Å². The third-order valence-corrected chi connectivity index (χ3v) is 5.24. The molecule has 0 radical (unpaired) electrons. The number of hydrogen-bond acceptors (Lipinski definition) is 1. The van der Waals surface area contributed by atoms with Crippen molar-refractivity contribution in [2.24, 2.45) is 16.7 Å². The van der Waals surface area contributed by atoms with Gasteiger partial charge >= 0.3 is 0 Å². The molecule has 2 unspecified atom stereocenters. The van der Waals surface area contributed by atoms with E-state index in [1.807, 2.05) is 6.92 Å². The van der Waals surface area contributed by atoms with Crippen LogP contribution in [0.4, 0.5) is 0 Å². The lowest BCUT2D eigenvalue weighted by atomic mass is 9.70. The zero-order valence-electron chi connectivity index (χ0n) is 10.6. The molecule has 2 rings (SSSR count). The van der Waals surface area contributed by atoms with E-state index in [9.17, 15) is 0 Å². The summed E-state index contributed by atoms with van der Waals surface area (Å²) in [7, 11) is 0. The maximum atomic E-state index is 6.04. The summed E-state index contributed by atoms with van der Waals surface area (Å²) in [5, 5.41) is 0. The van der Waals surface area contributed by atoms with Crippen LogP contribution in [0.3, 0.4) is 0 Å². The molecule has 0 aromatic heterocycles. The maximum Gasteiger partial charge on any atom is 0.0675 e. The monoisotopic (exact) mass is 208 g/mol. The Bertz CT molecular complexity index is 279. The molecular weight excluding hydrogens is 184 g/mol. The van der Waals surface area contributed by atoms with Gasteiger partial charge in [-0.05, 0) is 42.9 Å². The van der Waals surface area contributed by atoms with E-state index >= 15 is 0 Å². The SMILES string of the molecule is C=C(C)CO[C@H]1CC2CCC1(C)C2(C)C. The molecule has 15 heavy (non-hydrogen) atoms. The van der Waals surface area contributed by atoms with Crippen LogP contribution < -0.4 is 0 Å². The minimum Gasteiger partial charge on any atom is -0.373 e. The lowest BCUT2D eigenvalue weighted by molar-refractivity contribution is -0.0374. The van der Waals surface area contributed by atoms with Crippen LogP contribution in [0.1, 0.15) is 47.0 Å². The van der Waals surface area contributed by atoms with Crippen molar-refractivity contribution in [2.45, 2.75) is 53.1 Å². The smallest absolute Gasteiger partial charge is 0.0675 e. The van der Waals surface area contributed by atoms with Gasteiger partial charge in [0.15, 0.2) is 0 Å². The first-order valence-corrected chi connectivity index (χ1v) is 6.14. The molecule has 2 fully saturated rings. The Morgan fingerprint density at radius 2 is 2.07 bits per heavy atom. The Labute approximate surface area is 93.9 Å². The fraction of sp³-hybridized carbons (Fsp3) is 0.857. The summed E-state index contributed by atoms with van der Waals surface area (Å²) >= 11 is 0. The molecule has 0 aromatic carbocycles. The van der Waals surface area contributed by atoms with Gasteiger partial charge in [0, 0.05) is 0 Å². The van der Waals surface area contributed by atoms with E-state index in [-0.39, 0.29) is 0 Å². The summed E-state index contributed by atoms with van der Waals surface area (Å²) in [6.07, 6.45) is 4.46. The second kappa shape index (κ2) is 3.35. The van der Waals surface area contributed by atoms with Gasteiger partial charge in [-0.2, -0.15) is 0 Å². The minimum absolute atomic E-state index is 0.396. The molecule has 2 aliphatic rings. The van der Waals surface area contributed by atoms with E-state index in [0.717, 1.165) is 18.1 Å². The Morgan fingerprint density at radius 1 is 1.40 bits per heavy atom. The third-order valence-electron chi connectivity index (χ3n) is 5.24. The average molecular weight is 208 g/mol. The molecule has 1 nitrogen and oxygen atoms in total. The second-order valence-electron chi connectivity index (χ2n) is 6.37. The molecule has 0 amide bonds. The zero-order chi connectivity index (χ0) is 11.3. The van der Waals surface area contributed by atoms with Crippen molar-refractivity contribution in [3.05, 3.63) is 12.2 Å². The summed E-state index contributed by atoms with van der Waals surface area (Å²) in [5.74, 6) is 0.873. The summed E-state index contributed by atoms with van der Waals surface area (Å²) in [6.45, 7) is 14.0. The van der Waals surface area contributed by atoms with Crippen molar-refractivity contribution in [1.82, 2.24) is 0 Å². The van der Waals surface area contributed by atoms with Crippen LogP contribution >= 0.6 is 0 Å². The molecule has 2 aliphatic carbocycles. The van der Waals surface area contributed by atoms with Gasteiger partial charge in [-0.1, -0.05) is 32.9 Å². The zero-order valence-corrected chi connectivity index (χ0v) is 10.6. The molecule has 0 saturated heterocycles. The predicted molar refractivity (Wildman–Crippen MR) is 63.8 cm³/mol. The van der Waals surface area contributed by atoms with Crippen LogP contribution in [0, 0.1) is 16.7 Å². The fourth-order valence-electron chi connectivity index (χ4n) is 3.63. The first kappa shape index (κ1) is 11.2. The van der Waals surface area contributed by atoms with Crippen molar-refractivity contribution < 1.29 is 4.74 Å². The molecular formula is C14H24O. The molecule has 0 aliphatic heterocycles. The molecule has 0 aromatic rings. The van der Waals surface area contributed by atoms with Crippen molar-refractivity contribution in [2.75, 3.05) is 6.61 Å². The highest BCUT2D eigenvalue weighted by Gasteiger charge is 2.61. The van der Waals surface area contributed by atoms with E-state index in [0.29, 0.717) is 16.9 Å². The standard InChI is InChI=1S/C14H24O/c1-10(2)9-15-12-8-11-6-7-14(12,5)13(11,3)4/h11-12H,1,6-9H2,2-5H3/t11?,12-,14?/m0/s1. The van der Waals surface area contributed by atoms with E-state index < -0.39 is 0 Å². The lowest BCUT2D eigenvalue weighted by Gasteiger charge is -2.38. The van der Waals surface area contributed by atoms with Crippen LogP contribution in [0.2, 0.25) is 0 Å². The molecule has 0 N–H and O–H groups in total. The highest BCUT2D eigenvalue weighted by atomic mass is 16.5. The van der Waals surface area contributed by atoms with Gasteiger partial charge in [0.2, 0.25) is 0 Å². The highest BCUT2D eigenvalue weighted by molar-refractivity contribution is 5.11. The van der Waals surface area contributed by atoms with Crippen LogP contribution in [0.25, 0.3) is 0 Å².